The van der Waals surface area contributed by atoms with Crippen LogP contribution < -0.4 is 10.6 Å². The average Bonchev–Trinajstić information content (AvgIpc) is 3.19. The third-order valence-corrected chi connectivity index (χ3v) is 5.43. The van der Waals surface area contributed by atoms with Crippen LogP contribution in [0.4, 0.5) is 16.2 Å². The summed E-state index contributed by atoms with van der Waals surface area (Å²) in [5, 5.41) is 38.2. The summed E-state index contributed by atoms with van der Waals surface area (Å²) in [6.45, 7) is 3.87. The predicted molar refractivity (Wildman–Crippen MR) is 122 cm³/mol. The molecule has 32 heavy (non-hydrogen) atoms. The molecule has 0 saturated carbocycles. The molecule has 0 spiro atoms. The van der Waals surface area contributed by atoms with Gasteiger partial charge >= 0.3 is 6.03 Å². The van der Waals surface area contributed by atoms with E-state index in [1.165, 1.54) is 16.8 Å². The number of aromatic hydroxyl groups is 2. The summed E-state index contributed by atoms with van der Waals surface area (Å²) < 4.78 is 1.52. The number of tetrazole rings is 1. The smallest absolute Gasteiger partial charge is 0.323 e. The third kappa shape index (κ3) is 4.81. The number of hydrogen-bond acceptors (Lipinski definition) is 7. The Kier molecular flexibility index (Phi) is 5.95. The molecule has 0 bridgehead atoms. The number of phenols is 2. The molecule has 4 rings (SSSR count). The van der Waals surface area contributed by atoms with Gasteiger partial charge in [0.15, 0.2) is 0 Å². The van der Waals surface area contributed by atoms with Crippen molar-refractivity contribution >= 4 is 29.2 Å². The Morgan fingerprint density at radius 1 is 0.938 bits per heavy atom. The third-order valence-electron chi connectivity index (χ3n) is 4.45. The number of aromatic nitrogens is 4. The highest BCUT2D eigenvalue weighted by Crippen LogP contribution is 2.40. The molecule has 1 aromatic heterocycles. The van der Waals surface area contributed by atoms with Gasteiger partial charge in [0.25, 0.3) is 0 Å². The molecule has 4 aromatic rings. The van der Waals surface area contributed by atoms with Crippen LogP contribution in [0.2, 0.25) is 0 Å². The van der Waals surface area contributed by atoms with E-state index in [2.05, 4.69) is 26.2 Å². The molecule has 2 amide bonds. The summed E-state index contributed by atoms with van der Waals surface area (Å²) in [7, 11) is 0. The van der Waals surface area contributed by atoms with Gasteiger partial charge in [0.05, 0.1) is 16.3 Å². The lowest BCUT2D eigenvalue weighted by atomic mass is 10.1. The van der Waals surface area contributed by atoms with Crippen LogP contribution in [0.3, 0.4) is 0 Å². The molecule has 162 valence electrons. The lowest BCUT2D eigenvalue weighted by Gasteiger charge is -2.12. The molecule has 0 saturated heterocycles. The fraction of sp³-hybridized carbons (Fsp3) is 0.0909. The van der Waals surface area contributed by atoms with Gasteiger partial charge in [-0.15, -0.1) is 5.10 Å². The topological polar surface area (TPSA) is 125 Å². The fourth-order valence-electron chi connectivity index (χ4n) is 3.14. The molecule has 0 aliphatic rings. The van der Waals surface area contributed by atoms with Crippen molar-refractivity contribution in [2.75, 3.05) is 10.6 Å². The molecular weight excluding hydrogens is 428 g/mol. The highest BCUT2D eigenvalue weighted by atomic mass is 32.2. The standard InChI is InChI=1S/C22H20N6O3S/c1-13-8-14(2)10-15(9-13)23-21(31)24-17-11-19(30)20(12-18(17)29)32-22-25-26-27-28(22)16-6-4-3-5-7-16/h3-12,29-30H,1-2H3,(H2,23,24,31). The number of urea groups is 1. The quantitative estimate of drug-likeness (QED) is 0.262. The van der Waals surface area contributed by atoms with E-state index in [-0.39, 0.29) is 17.2 Å². The normalized spacial score (nSPS) is 10.7. The first-order chi connectivity index (χ1) is 15.4. The number of hydrogen-bond donors (Lipinski definition) is 4. The Labute approximate surface area is 188 Å². The molecule has 10 heteroatoms. The van der Waals surface area contributed by atoms with Crippen molar-refractivity contribution in [1.82, 2.24) is 20.2 Å². The van der Waals surface area contributed by atoms with Gasteiger partial charge in [0, 0.05) is 11.8 Å². The van der Waals surface area contributed by atoms with Crippen molar-refractivity contribution in [2.24, 2.45) is 0 Å². The summed E-state index contributed by atoms with van der Waals surface area (Å²) in [6, 6.07) is 17.0. The second kappa shape index (κ2) is 8.98. The van der Waals surface area contributed by atoms with Gasteiger partial charge in [-0.25, -0.2) is 4.79 Å². The maximum atomic E-state index is 12.4. The van der Waals surface area contributed by atoms with Crippen molar-refractivity contribution in [3.63, 3.8) is 0 Å². The maximum absolute atomic E-state index is 12.4. The van der Waals surface area contributed by atoms with Crippen LogP contribution in [0.1, 0.15) is 11.1 Å². The Balaban J connectivity index is 1.50. The summed E-state index contributed by atoms with van der Waals surface area (Å²) in [4.78, 5) is 12.7. The van der Waals surface area contributed by atoms with E-state index in [4.69, 9.17) is 0 Å². The lowest BCUT2D eigenvalue weighted by Crippen LogP contribution is -2.19. The highest BCUT2D eigenvalue weighted by Gasteiger charge is 2.16. The maximum Gasteiger partial charge on any atom is 0.323 e. The number of aryl methyl sites for hydroxylation is 2. The Morgan fingerprint density at radius 3 is 2.38 bits per heavy atom. The zero-order valence-corrected chi connectivity index (χ0v) is 18.1. The number of benzene rings is 3. The van der Waals surface area contributed by atoms with Crippen molar-refractivity contribution in [3.8, 4) is 17.2 Å². The number of carbonyl (C=O) groups is 1. The summed E-state index contributed by atoms with van der Waals surface area (Å²) in [5.74, 6) is -0.350. The molecule has 0 fully saturated rings. The van der Waals surface area contributed by atoms with Crippen LogP contribution in [-0.2, 0) is 0 Å². The van der Waals surface area contributed by atoms with E-state index in [1.807, 2.05) is 62.4 Å². The van der Waals surface area contributed by atoms with Gasteiger partial charge < -0.3 is 20.8 Å². The second-order valence-electron chi connectivity index (χ2n) is 7.10. The van der Waals surface area contributed by atoms with Gasteiger partial charge in [-0.05, 0) is 77.5 Å². The minimum atomic E-state index is -0.543. The van der Waals surface area contributed by atoms with Gasteiger partial charge in [-0.3, -0.25) is 0 Å². The van der Waals surface area contributed by atoms with E-state index in [0.717, 1.165) is 28.6 Å². The first-order valence-corrected chi connectivity index (χ1v) is 10.4. The summed E-state index contributed by atoms with van der Waals surface area (Å²) in [6.07, 6.45) is 0. The van der Waals surface area contributed by atoms with Gasteiger partial charge in [0.2, 0.25) is 5.16 Å². The summed E-state index contributed by atoms with van der Waals surface area (Å²) >= 11 is 1.08. The monoisotopic (exact) mass is 448 g/mol. The number of carbonyl (C=O) groups excluding carboxylic acids is 1. The van der Waals surface area contributed by atoms with Crippen molar-refractivity contribution in [3.05, 3.63) is 71.8 Å². The van der Waals surface area contributed by atoms with E-state index in [1.54, 1.807) is 0 Å². The van der Waals surface area contributed by atoms with Gasteiger partial charge in [-0.2, -0.15) is 4.68 Å². The molecule has 0 aliphatic carbocycles. The molecule has 3 aromatic carbocycles. The predicted octanol–water partition coefficient (Wildman–Crippen LogP) is 4.49. The number of nitrogens with one attached hydrogen (secondary N) is 2. The van der Waals surface area contributed by atoms with Crippen molar-refractivity contribution in [2.45, 2.75) is 23.9 Å². The van der Waals surface area contributed by atoms with E-state index in [9.17, 15) is 15.0 Å². The second-order valence-corrected chi connectivity index (χ2v) is 8.11. The molecule has 0 aliphatic heterocycles. The van der Waals surface area contributed by atoms with E-state index >= 15 is 0 Å². The number of rotatable bonds is 5. The minimum Gasteiger partial charge on any atom is -0.507 e. The number of anilines is 2. The highest BCUT2D eigenvalue weighted by molar-refractivity contribution is 7.99. The molecule has 1 heterocycles. The summed E-state index contributed by atoms with van der Waals surface area (Å²) in [5.41, 5.74) is 3.48. The Morgan fingerprint density at radius 2 is 1.66 bits per heavy atom. The van der Waals surface area contributed by atoms with E-state index < -0.39 is 6.03 Å². The van der Waals surface area contributed by atoms with Crippen LogP contribution in [0.25, 0.3) is 5.69 Å². The SMILES string of the molecule is Cc1cc(C)cc(NC(=O)Nc2cc(O)c(Sc3nnnn3-c3ccccc3)cc2O)c1. The fourth-order valence-corrected chi connectivity index (χ4v) is 3.98. The van der Waals surface area contributed by atoms with Crippen molar-refractivity contribution < 1.29 is 15.0 Å². The van der Waals surface area contributed by atoms with Crippen molar-refractivity contribution in [1.29, 1.82) is 0 Å². The minimum absolute atomic E-state index is 0.0661. The Bertz CT molecular complexity index is 1260. The van der Waals surface area contributed by atoms with Gasteiger partial charge in [0.1, 0.15) is 11.5 Å². The first-order valence-electron chi connectivity index (χ1n) is 9.63. The van der Waals surface area contributed by atoms with Crippen LogP contribution in [0.5, 0.6) is 11.5 Å². The molecule has 0 radical (unpaired) electrons. The number of nitrogens with zero attached hydrogens (tertiary/aromatic N) is 4. The largest absolute Gasteiger partial charge is 0.507 e. The Hall–Kier alpha value is -4.05. The number of para-hydroxylation sites is 1. The molecule has 0 unspecified atom stereocenters. The molecule has 4 N–H and O–H groups in total. The van der Waals surface area contributed by atoms with Crippen LogP contribution in [0.15, 0.2) is 70.7 Å². The average molecular weight is 449 g/mol. The van der Waals surface area contributed by atoms with Gasteiger partial charge in [-0.1, -0.05) is 24.3 Å². The van der Waals surface area contributed by atoms with Crippen LogP contribution in [0, 0.1) is 13.8 Å². The van der Waals surface area contributed by atoms with Crippen LogP contribution >= 0.6 is 11.8 Å². The number of phenolic OH excluding ortho intramolecular Hbond substituents is 2. The first kappa shape index (κ1) is 21.2. The lowest BCUT2D eigenvalue weighted by molar-refractivity contribution is 0.262. The van der Waals surface area contributed by atoms with Crippen LogP contribution in [-0.4, -0.2) is 36.5 Å². The number of amides is 2. The zero-order chi connectivity index (χ0) is 22.7. The molecule has 9 nitrogen and oxygen atoms in total. The molecular formula is C22H20N6O3S. The van der Waals surface area contributed by atoms with E-state index in [0.29, 0.717) is 15.7 Å². The zero-order valence-electron chi connectivity index (χ0n) is 17.3. The molecule has 0 atom stereocenters.